The predicted molar refractivity (Wildman–Crippen MR) is 95.3 cm³/mol. The molecule has 0 aliphatic carbocycles. The van der Waals surface area contributed by atoms with E-state index in [0.717, 1.165) is 62.5 Å². The van der Waals surface area contributed by atoms with E-state index in [4.69, 9.17) is 10.5 Å². The van der Waals surface area contributed by atoms with Crippen LogP contribution < -0.4 is 5.73 Å². The molecular formula is C18H21N7O. The number of pyridine rings is 1. The topological polar surface area (TPSA) is 94.5 Å². The third kappa shape index (κ3) is 2.53. The number of nitrogens with two attached hydrogens (primary N) is 1. The van der Waals surface area contributed by atoms with E-state index in [2.05, 4.69) is 31.0 Å². The van der Waals surface area contributed by atoms with Crippen molar-refractivity contribution in [1.29, 1.82) is 0 Å². The van der Waals surface area contributed by atoms with Gasteiger partial charge in [0.25, 0.3) is 0 Å². The highest BCUT2D eigenvalue weighted by Crippen LogP contribution is 2.40. The molecule has 1 saturated heterocycles. The van der Waals surface area contributed by atoms with Gasteiger partial charge in [0.2, 0.25) is 5.95 Å². The maximum Gasteiger partial charge on any atom is 0.220 e. The van der Waals surface area contributed by atoms with Gasteiger partial charge in [0.1, 0.15) is 11.9 Å². The van der Waals surface area contributed by atoms with Gasteiger partial charge in [-0.3, -0.25) is 4.90 Å². The molecule has 5 heterocycles. The first kappa shape index (κ1) is 15.7. The zero-order chi connectivity index (χ0) is 17.6. The summed E-state index contributed by atoms with van der Waals surface area (Å²) >= 11 is 0. The Hall–Kier alpha value is -2.58. The lowest BCUT2D eigenvalue weighted by Gasteiger charge is -2.44. The Morgan fingerprint density at radius 1 is 1.19 bits per heavy atom. The minimum absolute atomic E-state index is 0.319. The van der Waals surface area contributed by atoms with Crippen molar-refractivity contribution in [3.05, 3.63) is 47.7 Å². The summed E-state index contributed by atoms with van der Waals surface area (Å²) in [5, 5.41) is 4.33. The molecule has 2 aliphatic heterocycles. The number of piperidine rings is 1. The molecule has 8 nitrogen and oxygen atoms in total. The minimum atomic E-state index is -0.319. The molecule has 0 radical (unpaired) electrons. The lowest BCUT2D eigenvalue weighted by atomic mass is 9.83. The monoisotopic (exact) mass is 351 g/mol. The van der Waals surface area contributed by atoms with E-state index in [1.807, 2.05) is 22.8 Å². The highest BCUT2D eigenvalue weighted by Gasteiger charge is 2.42. The van der Waals surface area contributed by atoms with Gasteiger partial charge in [0.05, 0.1) is 18.0 Å². The number of nitrogens with zero attached hydrogens (tertiary/aromatic N) is 6. The van der Waals surface area contributed by atoms with Crippen LogP contribution >= 0.6 is 0 Å². The van der Waals surface area contributed by atoms with Gasteiger partial charge in [-0.1, -0.05) is 6.07 Å². The van der Waals surface area contributed by atoms with E-state index < -0.39 is 0 Å². The molecule has 2 N–H and O–H groups in total. The van der Waals surface area contributed by atoms with Crippen molar-refractivity contribution >= 4 is 11.6 Å². The molecule has 0 bridgehead atoms. The summed E-state index contributed by atoms with van der Waals surface area (Å²) < 4.78 is 8.15. The van der Waals surface area contributed by atoms with Crippen molar-refractivity contribution in [3.63, 3.8) is 0 Å². The molecule has 3 aromatic rings. The number of hydrogen-bond donors (Lipinski definition) is 1. The van der Waals surface area contributed by atoms with Crippen LogP contribution in [-0.2, 0) is 23.3 Å². The van der Waals surface area contributed by atoms with Crippen molar-refractivity contribution < 1.29 is 4.74 Å². The lowest BCUT2D eigenvalue weighted by molar-refractivity contribution is -0.102. The zero-order valence-corrected chi connectivity index (χ0v) is 14.5. The van der Waals surface area contributed by atoms with E-state index >= 15 is 0 Å². The first-order valence-corrected chi connectivity index (χ1v) is 8.99. The van der Waals surface area contributed by atoms with Crippen LogP contribution in [0.2, 0.25) is 0 Å². The highest BCUT2D eigenvalue weighted by atomic mass is 16.5. The molecule has 1 fully saturated rings. The van der Waals surface area contributed by atoms with Gasteiger partial charge in [-0.15, -0.1) is 0 Å². The molecule has 3 aromatic heterocycles. The molecule has 134 valence electrons. The summed E-state index contributed by atoms with van der Waals surface area (Å²) in [5.74, 6) is 0.328. The van der Waals surface area contributed by atoms with Gasteiger partial charge in [-0.25, -0.2) is 19.5 Å². The fourth-order valence-electron chi connectivity index (χ4n) is 4.13. The number of nitrogen functional groups attached to an aromatic ring is 1. The quantitative estimate of drug-likeness (QED) is 0.740. The molecule has 2 aliphatic rings. The summed E-state index contributed by atoms with van der Waals surface area (Å²) in [6.07, 6.45) is 6.13. The smallest absolute Gasteiger partial charge is 0.220 e. The van der Waals surface area contributed by atoms with Gasteiger partial charge in [0, 0.05) is 25.8 Å². The second-order valence-electron chi connectivity index (χ2n) is 7.02. The highest BCUT2D eigenvalue weighted by molar-refractivity contribution is 5.37. The second kappa shape index (κ2) is 6.00. The van der Waals surface area contributed by atoms with E-state index in [1.54, 1.807) is 6.33 Å². The third-order valence-corrected chi connectivity index (χ3v) is 5.49. The van der Waals surface area contributed by atoms with Gasteiger partial charge >= 0.3 is 0 Å². The number of anilines is 1. The van der Waals surface area contributed by atoms with Crippen LogP contribution in [0.3, 0.4) is 0 Å². The van der Waals surface area contributed by atoms with Crippen LogP contribution in [-0.4, -0.2) is 49.2 Å². The van der Waals surface area contributed by atoms with Crippen LogP contribution in [0.1, 0.15) is 29.8 Å². The predicted octanol–water partition coefficient (Wildman–Crippen LogP) is 1.17. The van der Waals surface area contributed by atoms with E-state index in [9.17, 15) is 0 Å². The number of rotatable bonds is 2. The molecule has 1 spiro atoms. The molecule has 8 heteroatoms. The van der Waals surface area contributed by atoms with Crippen molar-refractivity contribution in [1.82, 2.24) is 29.5 Å². The van der Waals surface area contributed by atoms with E-state index in [-0.39, 0.29) is 5.60 Å². The number of hydrogen-bond acceptors (Lipinski definition) is 7. The maximum absolute atomic E-state index is 6.24. The summed E-state index contributed by atoms with van der Waals surface area (Å²) in [4.78, 5) is 15.4. The van der Waals surface area contributed by atoms with Gasteiger partial charge < -0.3 is 10.5 Å². The fourth-order valence-corrected chi connectivity index (χ4v) is 4.13. The largest absolute Gasteiger partial charge is 0.368 e. The summed E-state index contributed by atoms with van der Waals surface area (Å²) in [6, 6.07) is 6.11. The number of likely N-dealkylation sites (tertiary alicyclic amines) is 1. The Morgan fingerprint density at radius 3 is 2.96 bits per heavy atom. The SMILES string of the molecule is Nc1ncc2c(n1)C1(CCN(Cc3cccc4ncnn34)CC1)OCC2. The molecule has 26 heavy (non-hydrogen) atoms. The normalized spacial score (nSPS) is 19.7. The second-order valence-corrected chi connectivity index (χ2v) is 7.02. The van der Waals surface area contributed by atoms with Gasteiger partial charge in [0.15, 0.2) is 5.65 Å². The van der Waals surface area contributed by atoms with Crippen molar-refractivity contribution in [2.24, 2.45) is 0 Å². The molecule has 0 amide bonds. The van der Waals surface area contributed by atoms with Crippen molar-refractivity contribution in [2.45, 2.75) is 31.4 Å². The number of fused-ring (bicyclic) bond motifs is 3. The lowest BCUT2D eigenvalue weighted by Crippen LogP contribution is -2.47. The van der Waals surface area contributed by atoms with E-state index in [1.165, 1.54) is 5.56 Å². The van der Waals surface area contributed by atoms with Crippen molar-refractivity contribution in [2.75, 3.05) is 25.4 Å². The molecule has 0 unspecified atom stereocenters. The van der Waals surface area contributed by atoms with Crippen LogP contribution in [0, 0.1) is 0 Å². The third-order valence-electron chi connectivity index (χ3n) is 5.49. The molecule has 0 atom stereocenters. The van der Waals surface area contributed by atoms with Crippen LogP contribution in [0.5, 0.6) is 0 Å². The maximum atomic E-state index is 6.24. The Kier molecular flexibility index (Phi) is 3.61. The van der Waals surface area contributed by atoms with Crippen LogP contribution in [0.4, 0.5) is 5.95 Å². The minimum Gasteiger partial charge on any atom is -0.368 e. The zero-order valence-electron chi connectivity index (χ0n) is 14.5. The average molecular weight is 351 g/mol. The summed E-state index contributed by atoms with van der Waals surface area (Å²) in [5.41, 5.74) is 9.72. The number of ether oxygens (including phenoxy) is 1. The average Bonchev–Trinajstić information content (AvgIpc) is 3.14. The van der Waals surface area contributed by atoms with Crippen molar-refractivity contribution in [3.8, 4) is 0 Å². The molecular weight excluding hydrogens is 330 g/mol. The first-order chi connectivity index (χ1) is 12.7. The Bertz CT molecular complexity index is 946. The van der Waals surface area contributed by atoms with Crippen LogP contribution in [0.25, 0.3) is 5.65 Å². The number of aromatic nitrogens is 5. The Morgan fingerprint density at radius 2 is 2.08 bits per heavy atom. The fraction of sp³-hybridized carbons (Fsp3) is 0.444. The summed E-state index contributed by atoms with van der Waals surface area (Å²) in [7, 11) is 0. The molecule has 0 saturated carbocycles. The Labute approximate surface area is 151 Å². The summed E-state index contributed by atoms with van der Waals surface area (Å²) in [6.45, 7) is 3.44. The van der Waals surface area contributed by atoms with Gasteiger partial charge in [-0.05, 0) is 37.0 Å². The molecule has 0 aromatic carbocycles. The van der Waals surface area contributed by atoms with Gasteiger partial charge in [-0.2, -0.15) is 5.10 Å². The van der Waals surface area contributed by atoms with E-state index in [0.29, 0.717) is 5.95 Å². The first-order valence-electron chi connectivity index (χ1n) is 8.99. The van der Waals surface area contributed by atoms with Crippen LogP contribution in [0.15, 0.2) is 30.7 Å². The standard InChI is InChI=1S/C18H21N7O/c19-17-20-10-13-4-9-26-18(16(13)23-17)5-7-24(8-6-18)11-14-2-1-3-15-21-12-22-25(14)15/h1-3,10,12H,4-9,11H2,(H2,19,20,23). The molecule has 5 rings (SSSR count). The Balaban J connectivity index is 1.36.